The second-order valence-corrected chi connectivity index (χ2v) is 10.7. The van der Waals surface area contributed by atoms with Crippen molar-refractivity contribution in [2.45, 2.75) is 57.0 Å². The third-order valence-corrected chi connectivity index (χ3v) is 6.98. The molecule has 8 nitrogen and oxygen atoms in total. The summed E-state index contributed by atoms with van der Waals surface area (Å²) in [6.45, 7) is 10.3. The average molecular weight is 447 g/mol. The van der Waals surface area contributed by atoms with Crippen molar-refractivity contribution in [3.05, 3.63) is 47.8 Å². The molecule has 9 heteroatoms. The van der Waals surface area contributed by atoms with Gasteiger partial charge in [-0.1, -0.05) is 18.2 Å². The van der Waals surface area contributed by atoms with Gasteiger partial charge in [0.2, 0.25) is 10.0 Å². The summed E-state index contributed by atoms with van der Waals surface area (Å²) in [6.07, 6.45) is 5.04. The number of nitrogens with zero attached hydrogens (tertiary/aromatic N) is 4. The molecule has 1 saturated heterocycles. The Morgan fingerprint density at radius 2 is 2.03 bits per heavy atom. The van der Waals surface area contributed by atoms with Gasteiger partial charge in [-0.15, -0.1) is 0 Å². The summed E-state index contributed by atoms with van der Waals surface area (Å²) in [7, 11) is -1.70. The van der Waals surface area contributed by atoms with Crippen LogP contribution in [0.2, 0.25) is 0 Å². The number of sulfonamides is 1. The predicted molar refractivity (Wildman–Crippen MR) is 123 cm³/mol. The zero-order chi connectivity index (χ0) is 22.6. The van der Waals surface area contributed by atoms with Crippen LogP contribution in [0.5, 0.6) is 0 Å². The van der Waals surface area contributed by atoms with Crippen molar-refractivity contribution in [1.82, 2.24) is 24.7 Å². The van der Waals surface area contributed by atoms with Gasteiger partial charge < -0.3 is 10.2 Å². The summed E-state index contributed by atoms with van der Waals surface area (Å²) >= 11 is 0. The van der Waals surface area contributed by atoms with E-state index in [0.29, 0.717) is 11.5 Å². The maximum atomic E-state index is 12.9. The third kappa shape index (κ3) is 6.07. The Bertz CT molecular complexity index is 1020. The second-order valence-electron chi connectivity index (χ2n) is 9.01. The van der Waals surface area contributed by atoms with E-state index in [1.165, 1.54) is 5.56 Å². The molecule has 1 unspecified atom stereocenters. The molecule has 0 spiro atoms. The Morgan fingerprint density at radius 3 is 2.68 bits per heavy atom. The molecule has 1 aromatic heterocycles. The van der Waals surface area contributed by atoms with Crippen LogP contribution in [-0.2, 0) is 23.6 Å². The monoisotopic (exact) mass is 446 g/mol. The van der Waals surface area contributed by atoms with Crippen molar-refractivity contribution in [2.24, 2.45) is 12.0 Å². The molecule has 2 N–H and O–H groups in total. The quantitative estimate of drug-likeness (QED) is 0.525. The first-order valence-electron chi connectivity index (χ1n) is 10.7. The standard InChI is InChI=1S/C22H34N6O2S/c1-6-23-21(28-12-11-18(16-28)19-14-25-27(5)15-19)24-13-17-9-7-8-10-20(17)31(29,30)26-22(2,3)4/h7-10,14-15,18,26H,6,11-13,16H2,1-5H3,(H,23,24). The van der Waals surface area contributed by atoms with Crippen molar-refractivity contribution in [2.75, 3.05) is 19.6 Å². The van der Waals surface area contributed by atoms with Crippen molar-refractivity contribution in [3.63, 3.8) is 0 Å². The Labute approximate surface area is 185 Å². The Balaban J connectivity index is 1.79. The van der Waals surface area contributed by atoms with Gasteiger partial charge in [-0.3, -0.25) is 4.68 Å². The Morgan fingerprint density at radius 1 is 1.29 bits per heavy atom. The van der Waals surface area contributed by atoms with Crippen LogP contribution in [-0.4, -0.2) is 54.2 Å². The molecule has 0 amide bonds. The number of aliphatic imine (C=N–C) groups is 1. The van der Waals surface area contributed by atoms with Crippen LogP contribution in [0.25, 0.3) is 0 Å². The molecule has 1 atom stereocenters. The van der Waals surface area contributed by atoms with Gasteiger partial charge in [0, 0.05) is 44.3 Å². The number of hydrogen-bond donors (Lipinski definition) is 2. The van der Waals surface area contributed by atoms with E-state index in [1.54, 1.807) is 12.1 Å². The molecule has 0 aliphatic carbocycles. The van der Waals surface area contributed by atoms with Gasteiger partial charge in [-0.25, -0.2) is 18.1 Å². The van der Waals surface area contributed by atoms with Crippen LogP contribution in [0.1, 0.15) is 51.2 Å². The molecule has 1 aliphatic heterocycles. The van der Waals surface area contributed by atoms with Crippen LogP contribution in [0, 0.1) is 0 Å². The van der Waals surface area contributed by atoms with E-state index in [9.17, 15) is 8.42 Å². The van der Waals surface area contributed by atoms with E-state index >= 15 is 0 Å². The molecule has 2 heterocycles. The molecule has 0 saturated carbocycles. The van der Waals surface area contributed by atoms with Crippen LogP contribution in [0.15, 0.2) is 46.5 Å². The summed E-state index contributed by atoms with van der Waals surface area (Å²) in [6, 6.07) is 7.06. The van der Waals surface area contributed by atoms with Gasteiger partial charge >= 0.3 is 0 Å². The van der Waals surface area contributed by atoms with E-state index < -0.39 is 15.6 Å². The van der Waals surface area contributed by atoms with Gasteiger partial charge in [0.1, 0.15) is 0 Å². The zero-order valence-corrected chi connectivity index (χ0v) is 19.9. The van der Waals surface area contributed by atoms with Crippen molar-refractivity contribution < 1.29 is 8.42 Å². The molecule has 1 aromatic carbocycles. The van der Waals surface area contributed by atoms with Gasteiger partial charge in [0.25, 0.3) is 0 Å². The largest absolute Gasteiger partial charge is 0.357 e. The van der Waals surface area contributed by atoms with Gasteiger partial charge in [0.05, 0.1) is 17.6 Å². The fourth-order valence-corrected chi connectivity index (χ4v) is 5.47. The smallest absolute Gasteiger partial charge is 0.241 e. The average Bonchev–Trinajstić information content (AvgIpc) is 3.32. The molecule has 3 rings (SSSR count). The van der Waals surface area contributed by atoms with Crippen LogP contribution < -0.4 is 10.0 Å². The van der Waals surface area contributed by atoms with Crippen LogP contribution in [0.4, 0.5) is 0 Å². The second kappa shape index (κ2) is 9.40. The van der Waals surface area contributed by atoms with E-state index in [1.807, 2.05) is 57.8 Å². The Hall–Kier alpha value is -2.39. The number of guanidine groups is 1. The van der Waals surface area contributed by atoms with Gasteiger partial charge in [-0.2, -0.15) is 5.10 Å². The topological polar surface area (TPSA) is 91.6 Å². The summed E-state index contributed by atoms with van der Waals surface area (Å²) in [5.74, 6) is 1.23. The first-order chi connectivity index (χ1) is 14.6. The van der Waals surface area contributed by atoms with Crippen LogP contribution in [0.3, 0.4) is 0 Å². The first kappa shape index (κ1) is 23.3. The number of likely N-dealkylation sites (tertiary alicyclic amines) is 1. The van der Waals surface area contributed by atoms with E-state index in [0.717, 1.165) is 32.0 Å². The molecular weight excluding hydrogens is 412 g/mol. The molecular formula is C22H34N6O2S. The Kier molecular flexibility index (Phi) is 7.06. The zero-order valence-electron chi connectivity index (χ0n) is 19.1. The molecule has 170 valence electrons. The minimum absolute atomic E-state index is 0.277. The maximum Gasteiger partial charge on any atom is 0.241 e. The molecule has 2 aromatic rings. The van der Waals surface area contributed by atoms with Crippen molar-refractivity contribution >= 4 is 16.0 Å². The highest BCUT2D eigenvalue weighted by Gasteiger charge is 2.27. The van der Waals surface area contributed by atoms with Crippen LogP contribution >= 0.6 is 0 Å². The summed E-state index contributed by atoms with van der Waals surface area (Å²) in [5, 5.41) is 7.65. The highest BCUT2D eigenvalue weighted by Crippen LogP contribution is 2.27. The number of benzene rings is 1. The minimum Gasteiger partial charge on any atom is -0.357 e. The van der Waals surface area contributed by atoms with E-state index in [-0.39, 0.29) is 11.4 Å². The summed E-state index contributed by atoms with van der Waals surface area (Å²) < 4.78 is 30.4. The highest BCUT2D eigenvalue weighted by molar-refractivity contribution is 7.89. The maximum absolute atomic E-state index is 12.9. The summed E-state index contributed by atoms with van der Waals surface area (Å²) in [5.41, 5.74) is 1.37. The lowest BCUT2D eigenvalue weighted by molar-refractivity contribution is 0.485. The number of rotatable bonds is 6. The molecule has 0 radical (unpaired) electrons. The number of aryl methyl sites for hydroxylation is 1. The molecule has 1 aliphatic rings. The fraction of sp³-hybridized carbons (Fsp3) is 0.545. The summed E-state index contributed by atoms with van der Waals surface area (Å²) in [4.78, 5) is 7.31. The number of aromatic nitrogens is 2. The van der Waals surface area contributed by atoms with Gasteiger partial charge in [0.15, 0.2) is 5.96 Å². The number of nitrogens with one attached hydrogen (secondary N) is 2. The normalized spacial score (nSPS) is 17.9. The van der Waals surface area contributed by atoms with Crippen molar-refractivity contribution in [1.29, 1.82) is 0 Å². The lowest BCUT2D eigenvalue weighted by atomic mass is 10.0. The predicted octanol–water partition coefficient (Wildman–Crippen LogP) is 2.45. The third-order valence-electron chi connectivity index (χ3n) is 5.12. The molecule has 1 fully saturated rings. The first-order valence-corrected chi connectivity index (χ1v) is 12.2. The lowest BCUT2D eigenvalue weighted by Gasteiger charge is -2.23. The lowest BCUT2D eigenvalue weighted by Crippen LogP contribution is -2.41. The SMILES string of the molecule is CCNC(=NCc1ccccc1S(=O)(=O)NC(C)(C)C)N1CCC(c2cnn(C)c2)C1. The van der Waals surface area contributed by atoms with Crippen molar-refractivity contribution in [3.8, 4) is 0 Å². The van der Waals surface area contributed by atoms with E-state index in [4.69, 9.17) is 4.99 Å². The van der Waals surface area contributed by atoms with E-state index in [2.05, 4.69) is 26.2 Å². The van der Waals surface area contributed by atoms with Gasteiger partial charge in [-0.05, 0) is 51.3 Å². The highest BCUT2D eigenvalue weighted by atomic mass is 32.2. The molecule has 31 heavy (non-hydrogen) atoms. The fourth-order valence-electron chi connectivity index (χ4n) is 3.82. The number of hydrogen-bond acceptors (Lipinski definition) is 4. The molecule has 0 bridgehead atoms. The minimum atomic E-state index is -3.63.